The van der Waals surface area contributed by atoms with Crippen LogP contribution >= 0.6 is 0 Å². The monoisotopic (exact) mass is 502 g/mol. The highest BCUT2D eigenvalue weighted by Crippen LogP contribution is 2.23. The fourth-order valence-corrected chi connectivity index (χ4v) is 4.09. The molecule has 0 bridgehead atoms. The Morgan fingerprint density at radius 2 is 1.73 bits per heavy atom. The van der Waals surface area contributed by atoms with Crippen molar-refractivity contribution in [3.8, 4) is 5.75 Å². The van der Waals surface area contributed by atoms with E-state index < -0.39 is 30.1 Å². The number of amides is 1. The zero-order chi connectivity index (χ0) is 26.7. The number of carbonyl (C=O) groups excluding carboxylic acids is 1. The molecular formula is C29H27FN2O5. The van der Waals surface area contributed by atoms with Crippen molar-refractivity contribution in [2.75, 3.05) is 6.61 Å². The van der Waals surface area contributed by atoms with Crippen molar-refractivity contribution in [2.45, 2.75) is 33.9 Å². The molecule has 7 nitrogen and oxygen atoms in total. The summed E-state index contributed by atoms with van der Waals surface area (Å²) in [5.41, 5.74) is 4.35. The van der Waals surface area contributed by atoms with Crippen LogP contribution in [0, 0.1) is 26.6 Å². The number of carboxylic acids is 1. The lowest BCUT2D eigenvalue weighted by Gasteiger charge is -2.23. The number of hydrogen-bond donors (Lipinski definition) is 2. The molecule has 37 heavy (non-hydrogen) atoms. The largest absolute Gasteiger partial charge is 0.480 e. The van der Waals surface area contributed by atoms with Crippen molar-refractivity contribution in [3.63, 3.8) is 0 Å². The summed E-state index contributed by atoms with van der Waals surface area (Å²) in [6.07, 6.45) is 0. The second kappa shape index (κ2) is 10.7. The number of carbonyl (C=O) groups is 2. The van der Waals surface area contributed by atoms with Gasteiger partial charge >= 0.3 is 5.97 Å². The first-order chi connectivity index (χ1) is 17.6. The molecule has 1 heterocycles. The quantitative estimate of drug-likeness (QED) is 0.357. The Labute approximate surface area is 213 Å². The number of carboxylic acid groups (broad SMARTS) is 1. The zero-order valence-corrected chi connectivity index (χ0v) is 20.8. The standard InChI is InChI=1S/C29H27FN2O5/c1-17-7-10-20(11-8-17)14-32(25(33)16-37-27-23(29(35)36)5-4-6-24(27)30)15-22-13-21-12-9-18(2)19(3)26(21)31-28(22)34/h4-13H,14-16H2,1-3H3,(H,31,34)(H,35,36). The Bertz CT molecular complexity index is 1540. The van der Waals surface area contributed by atoms with E-state index in [2.05, 4.69) is 4.98 Å². The van der Waals surface area contributed by atoms with Crippen LogP contribution in [0.5, 0.6) is 5.75 Å². The summed E-state index contributed by atoms with van der Waals surface area (Å²) >= 11 is 0. The van der Waals surface area contributed by atoms with E-state index >= 15 is 0 Å². The molecule has 2 N–H and O–H groups in total. The van der Waals surface area contributed by atoms with Gasteiger partial charge in [0.1, 0.15) is 5.56 Å². The number of H-pyrrole nitrogens is 1. The van der Waals surface area contributed by atoms with Crippen LogP contribution in [0.2, 0.25) is 0 Å². The summed E-state index contributed by atoms with van der Waals surface area (Å²) in [6, 6.07) is 16.8. The van der Waals surface area contributed by atoms with E-state index in [0.29, 0.717) is 5.56 Å². The molecule has 1 aromatic heterocycles. The molecule has 4 rings (SSSR count). The minimum atomic E-state index is -1.37. The van der Waals surface area contributed by atoms with Crippen LogP contribution in [0.1, 0.15) is 38.2 Å². The van der Waals surface area contributed by atoms with E-state index in [4.69, 9.17) is 4.74 Å². The van der Waals surface area contributed by atoms with Gasteiger partial charge in [-0.1, -0.05) is 48.0 Å². The molecule has 8 heteroatoms. The number of para-hydroxylation sites is 1. The lowest BCUT2D eigenvalue weighted by Crippen LogP contribution is -2.36. The predicted octanol–water partition coefficient (Wildman–Crippen LogP) is 4.90. The molecule has 0 aliphatic carbocycles. The maximum Gasteiger partial charge on any atom is 0.339 e. The van der Waals surface area contributed by atoms with Gasteiger partial charge in [-0.05, 0) is 61.0 Å². The third-order valence-electron chi connectivity index (χ3n) is 6.37. The normalized spacial score (nSPS) is 10.9. The molecule has 0 fully saturated rings. The zero-order valence-electron chi connectivity index (χ0n) is 20.8. The molecule has 3 aromatic carbocycles. The SMILES string of the molecule is Cc1ccc(CN(Cc2cc3ccc(C)c(C)c3[nH]c2=O)C(=O)COc2c(F)cccc2C(=O)O)cc1. The van der Waals surface area contributed by atoms with Crippen molar-refractivity contribution in [3.05, 3.63) is 110 Å². The van der Waals surface area contributed by atoms with Gasteiger partial charge in [0.25, 0.3) is 11.5 Å². The number of hydrogen-bond acceptors (Lipinski definition) is 4. The maximum atomic E-state index is 14.3. The first kappa shape index (κ1) is 25.6. The number of nitrogens with zero attached hydrogens (tertiary/aromatic N) is 1. The van der Waals surface area contributed by atoms with Crippen LogP contribution in [0.15, 0.2) is 65.5 Å². The summed E-state index contributed by atoms with van der Waals surface area (Å²) in [7, 11) is 0. The Kier molecular flexibility index (Phi) is 7.38. The molecule has 0 unspecified atom stereocenters. The highest BCUT2D eigenvalue weighted by atomic mass is 19.1. The number of halogens is 1. The number of ether oxygens (including phenoxy) is 1. The molecule has 0 saturated carbocycles. The van der Waals surface area contributed by atoms with Gasteiger partial charge in [-0.2, -0.15) is 0 Å². The number of aromatic amines is 1. The van der Waals surface area contributed by atoms with Crippen LogP contribution in [-0.4, -0.2) is 33.5 Å². The minimum absolute atomic E-state index is 0.0165. The number of rotatable bonds is 8. The Balaban J connectivity index is 1.64. The molecule has 0 aliphatic heterocycles. The Hall–Kier alpha value is -4.46. The highest BCUT2D eigenvalue weighted by Gasteiger charge is 2.21. The van der Waals surface area contributed by atoms with Gasteiger partial charge in [0.2, 0.25) is 0 Å². The van der Waals surface area contributed by atoms with Crippen molar-refractivity contribution in [1.29, 1.82) is 0 Å². The topological polar surface area (TPSA) is 99.7 Å². The lowest BCUT2D eigenvalue weighted by molar-refractivity contribution is -0.134. The fourth-order valence-electron chi connectivity index (χ4n) is 4.09. The first-order valence-corrected chi connectivity index (χ1v) is 11.7. The molecular weight excluding hydrogens is 475 g/mol. The van der Waals surface area contributed by atoms with E-state index in [0.717, 1.165) is 39.2 Å². The van der Waals surface area contributed by atoms with Gasteiger partial charge in [-0.15, -0.1) is 0 Å². The maximum absolute atomic E-state index is 14.3. The van der Waals surface area contributed by atoms with E-state index in [1.807, 2.05) is 57.2 Å². The van der Waals surface area contributed by atoms with Crippen LogP contribution < -0.4 is 10.3 Å². The van der Waals surface area contributed by atoms with Crippen molar-refractivity contribution >= 4 is 22.8 Å². The predicted molar refractivity (Wildman–Crippen MR) is 138 cm³/mol. The second-order valence-corrected chi connectivity index (χ2v) is 9.04. The summed E-state index contributed by atoms with van der Waals surface area (Å²) in [5, 5.41) is 10.2. The van der Waals surface area contributed by atoms with Crippen molar-refractivity contribution in [1.82, 2.24) is 9.88 Å². The highest BCUT2D eigenvalue weighted by molar-refractivity contribution is 5.91. The number of nitrogens with one attached hydrogen (secondary N) is 1. The van der Waals surface area contributed by atoms with Gasteiger partial charge in [0, 0.05) is 12.1 Å². The molecule has 0 atom stereocenters. The van der Waals surface area contributed by atoms with Gasteiger partial charge in [0.05, 0.1) is 12.1 Å². The molecule has 190 valence electrons. The average Bonchev–Trinajstić information content (AvgIpc) is 2.87. The Morgan fingerprint density at radius 3 is 2.43 bits per heavy atom. The fraction of sp³-hybridized carbons (Fsp3) is 0.207. The molecule has 0 spiro atoms. The molecule has 0 aliphatic rings. The van der Waals surface area contributed by atoms with Gasteiger partial charge < -0.3 is 19.7 Å². The third kappa shape index (κ3) is 5.69. The number of pyridine rings is 1. The number of fused-ring (bicyclic) bond motifs is 1. The van der Waals surface area contributed by atoms with Crippen molar-refractivity contribution < 1.29 is 23.8 Å². The number of aryl methyl sites for hydroxylation is 3. The third-order valence-corrected chi connectivity index (χ3v) is 6.37. The average molecular weight is 503 g/mol. The summed E-state index contributed by atoms with van der Waals surface area (Å²) < 4.78 is 19.7. The second-order valence-electron chi connectivity index (χ2n) is 9.04. The lowest BCUT2D eigenvalue weighted by atomic mass is 10.0. The number of benzene rings is 3. The smallest absolute Gasteiger partial charge is 0.339 e. The summed E-state index contributed by atoms with van der Waals surface area (Å²) in [6.45, 7) is 5.41. The number of aromatic carboxylic acids is 1. The summed E-state index contributed by atoms with van der Waals surface area (Å²) in [4.78, 5) is 42.1. The molecule has 0 radical (unpaired) electrons. The van der Waals surface area contributed by atoms with Gasteiger partial charge in [-0.3, -0.25) is 9.59 Å². The van der Waals surface area contributed by atoms with E-state index in [1.165, 1.54) is 17.0 Å². The van der Waals surface area contributed by atoms with E-state index in [-0.39, 0.29) is 24.2 Å². The van der Waals surface area contributed by atoms with Crippen LogP contribution in [0.3, 0.4) is 0 Å². The van der Waals surface area contributed by atoms with E-state index in [9.17, 15) is 23.9 Å². The van der Waals surface area contributed by atoms with Gasteiger partial charge in [-0.25, -0.2) is 9.18 Å². The number of aromatic nitrogens is 1. The first-order valence-electron chi connectivity index (χ1n) is 11.7. The minimum Gasteiger partial charge on any atom is -0.480 e. The molecule has 4 aromatic rings. The molecule has 1 amide bonds. The van der Waals surface area contributed by atoms with Crippen molar-refractivity contribution in [2.24, 2.45) is 0 Å². The van der Waals surface area contributed by atoms with Crippen LogP contribution in [0.4, 0.5) is 4.39 Å². The Morgan fingerprint density at radius 1 is 1.00 bits per heavy atom. The van der Waals surface area contributed by atoms with Gasteiger partial charge in [0.15, 0.2) is 18.2 Å². The summed E-state index contributed by atoms with van der Waals surface area (Å²) in [5.74, 6) is -3.28. The van der Waals surface area contributed by atoms with Crippen LogP contribution in [-0.2, 0) is 17.9 Å². The van der Waals surface area contributed by atoms with E-state index in [1.54, 1.807) is 6.07 Å². The molecule has 0 saturated heterocycles. The van der Waals surface area contributed by atoms with Crippen LogP contribution in [0.25, 0.3) is 10.9 Å².